The maximum Gasteiger partial charge on any atom is 0.246 e. The zero-order chi connectivity index (χ0) is 17.2. The molecule has 3 rings (SSSR count). The summed E-state index contributed by atoms with van der Waals surface area (Å²) >= 11 is 0. The number of methoxy groups -OCH3 is 1. The van der Waals surface area contributed by atoms with Gasteiger partial charge in [0.1, 0.15) is 22.1 Å². The Morgan fingerprint density at radius 3 is 2.75 bits per heavy atom. The number of benzene rings is 1. The van der Waals surface area contributed by atoms with E-state index in [1.807, 2.05) is 12.1 Å². The van der Waals surface area contributed by atoms with Crippen LogP contribution in [0.25, 0.3) is 5.69 Å². The van der Waals surface area contributed by atoms with Gasteiger partial charge < -0.3 is 9.15 Å². The van der Waals surface area contributed by atoms with E-state index in [-0.39, 0.29) is 11.4 Å². The van der Waals surface area contributed by atoms with Crippen molar-refractivity contribution in [1.82, 2.24) is 14.1 Å². The lowest BCUT2D eigenvalue weighted by Gasteiger charge is -2.14. The first kappa shape index (κ1) is 16.3. The summed E-state index contributed by atoms with van der Waals surface area (Å²) in [7, 11) is -0.622. The molecule has 0 atom stereocenters. The predicted octanol–water partition coefficient (Wildman–Crippen LogP) is 2.29. The number of ether oxygens (including phenoxy) is 1. The highest BCUT2D eigenvalue weighted by molar-refractivity contribution is 7.89. The van der Waals surface area contributed by atoms with Gasteiger partial charge in [0.05, 0.1) is 32.3 Å². The summed E-state index contributed by atoms with van der Waals surface area (Å²) in [6.07, 6.45) is 4.29. The minimum absolute atomic E-state index is 0.0995. The molecular weight excluding hydrogens is 330 g/mol. The Balaban J connectivity index is 1.89. The Hall–Kier alpha value is -2.58. The lowest BCUT2D eigenvalue weighted by atomic mass is 10.3. The molecule has 0 unspecified atom stereocenters. The molecule has 0 amide bonds. The van der Waals surface area contributed by atoms with E-state index in [0.717, 1.165) is 0 Å². The fourth-order valence-electron chi connectivity index (χ4n) is 2.28. The monoisotopic (exact) mass is 347 g/mol. The normalized spacial score (nSPS) is 11.8. The van der Waals surface area contributed by atoms with E-state index in [9.17, 15) is 8.42 Å². The molecule has 0 bridgehead atoms. The third-order valence-corrected chi connectivity index (χ3v) is 5.31. The van der Waals surface area contributed by atoms with Gasteiger partial charge in [0.2, 0.25) is 10.0 Å². The van der Waals surface area contributed by atoms with Crippen LogP contribution in [0.15, 0.2) is 64.4 Å². The minimum Gasteiger partial charge on any atom is -0.494 e. The molecule has 0 saturated carbocycles. The van der Waals surface area contributed by atoms with Crippen LogP contribution >= 0.6 is 0 Å². The smallest absolute Gasteiger partial charge is 0.246 e. The van der Waals surface area contributed by atoms with Crippen LogP contribution in [0.1, 0.15) is 5.76 Å². The number of hydrogen-bond acceptors (Lipinski definition) is 5. The second-order valence-electron chi connectivity index (χ2n) is 5.13. The predicted molar refractivity (Wildman–Crippen MR) is 87.5 cm³/mol. The Bertz CT molecular complexity index is 916. The molecular formula is C16H17N3O4S. The van der Waals surface area contributed by atoms with E-state index in [1.54, 1.807) is 31.4 Å². The Labute approximate surface area is 140 Å². The first-order valence-corrected chi connectivity index (χ1v) is 8.63. The quantitative estimate of drug-likeness (QED) is 0.684. The number of furan rings is 1. The van der Waals surface area contributed by atoms with Crippen molar-refractivity contribution >= 4 is 10.0 Å². The molecule has 0 saturated heterocycles. The van der Waals surface area contributed by atoms with Gasteiger partial charge in [-0.05, 0) is 24.3 Å². The van der Waals surface area contributed by atoms with Crippen LogP contribution in [-0.4, -0.2) is 36.7 Å². The third kappa shape index (κ3) is 3.06. The maximum atomic E-state index is 12.7. The molecule has 8 heteroatoms. The first-order chi connectivity index (χ1) is 11.5. The molecule has 24 heavy (non-hydrogen) atoms. The zero-order valence-corrected chi connectivity index (χ0v) is 14.1. The number of para-hydroxylation sites is 2. The number of aromatic nitrogens is 2. The molecule has 0 aliphatic carbocycles. The molecule has 0 N–H and O–H groups in total. The van der Waals surface area contributed by atoms with Gasteiger partial charge in [0.15, 0.2) is 0 Å². The van der Waals surface area contributed by atoms with Crippen molar-refractivity contribution in [3.63, 3.8) is 0 Å². The fourth-order valence-corrected chi connectivity index (χ4v) is 3.35. The van der Waals surface area contributed by atoms with Gasteiger partial charge in [0, 0.05) is 7.05 Å². The Morgan fingerprint density at radius 1 is 1.25 bits per heavy atom. The van der Waals surface area contributed by atoms with Crippen molar-refractivity contribution in [3.05, 3.63) is 60.8 Å². The molecule has 0 aliphatic heterocycles. The van der Waals surface area contributed by atoms with Crippen molar-refractivity contribution < 1.29 is 17.6 Å². The van der Waals surface area contributed by atoms with Gasteiger partial charge in [-0.2, -0.15) is 9.40 Å². The Kier molecular flexibility index (Phi) is 4.41. The average Bonchev–Trinajstić information content (AvgIpc) is 3.26. The minimum atomic E-state index is -3.67. The second kappa shape index (κ2) is 6.50. The zero-order valence-electron chi connectivity index (χ0n) is 13.3. The molecule has 0 aliphatic rings. The summed E-state index contributed by atoms with van der Waals surface area (Å²) in [6, 6.07) is 10.7. The number of rotatable bonds is 6. The van der Waals surface area contributed by atoms with Crippen molar-refractivity contribution in [3.8, 4) is 11.4 Å². The summed E-state index contributed by atoms with van der Waals surface area (Å²) in [5, 5.41) is 4.15. The van der Waals surface area contributed by atoms with Crippen LogP contribution in [0.2, 0.25) is 0 Å². The molecule has 3 aromatic rings. The number of hydrogen-bond donors (Lipinski definition) is 0. The second-order valence-corrected chi connectivity index (χ2v) is 7.18. The lowest BCUT2D eigenvalue weighted by molar-refractivity contribution is 0.406. The molecule has 1 aromatic carbocycles. The van der Waals surface area contributed by atoms with Crippen molar-refractivity contribution in [2.75, 3.05) is 14.2 Å². The van der Waals surface area contributed by atoms with Crippen LogP contribution < -0.4 is 4.74 Å². The SMILES string of the molecule is COc1ccccc1-n1cc(S(=O)(=O)N(C)Cc2ccco2)cn1. The van der Waals surface area contributed by atoms with Gasteiger partial charge in [-0.1, -0.05) is 12.1 Å². The van der Waals surface area contributed by atoms with Crippen molar-refractivity contribution in [2.24, 2.45) is 0 Å². The van der Waals surface area contributed by atoms with Crippen LogP contribution in [0.5, 0.6) is 5.75 Å². The van der Waals surface area contributed by atoms with E-state index < -0.39 is 10.0 Å². The molecule has 2 aromatic heterocycles. The standard InChI is InChI=1S/C16H17N3O4S/c1-18(11-13-6-5-9-23-13)24(20,21)14-10-17-19(12-14)15-7-3-4-8-16(15)22-2/h3-10,12H,11H2,1-2H3. The van der Waals surface area contributed by atoms with Crippen LogP contribution in [-0.2, 0) is 16.6 Å². The number of nitrogens with zero attached hydrogens (tertiary/aromatic N) is 3. The fraction of sp³-hybridized carbons (Fsp3) is 0.188. The van der Waals surface area contributed by atoms with E-state index in [4.69, 9.17) is 9.15 Å². The largest absolute Gasteiger partial charge is 0.494 e. The van der Waals surface area contributed by atoms with Gasteiger partial charge in [-0.25, -0.2) is 13.1 Å². The molecule has 0 radical (unpaired) electrons. The van der Waals surface area contributed by atoms with Crippen molar-refractivity contribution in [2.45, 2.75) is 11.4 Å². The molecule has 2 heterocycles. The molecule has 126 valence electrons. The summed E-state index contributed by atoms with van der Waals surface area (Å²) in [6.45, 7) is 0.148. The van der Waals surface area contributed by atoms with Crippen molar-refractivity contribution in [1.29, 1.82) is 0 Å². The van der Waals surface area contributed by atoms with Gasteiger partial charge >= 0.3 is 0 Å². The summed E-state index contributed by atoms with van der Waals surface area (Å²) in [4.78, 5) is 0.0995. The Morgan fingerprint density at radius 2 is 2.04 bits per heavy atom. The average molecular weight is 347 g/mol. The molecule has 7 nitrogen and oxygen atoms in total. The van der Waals surface area contributed by atoms with Crippen LogP contribution in [0.3, 0.4) is 0 Å². The lowest BCUT2D eigenvalue weighted by Crippen LogP contribution is -2.26. The highest BCUT2D eigenvalue weighted by Gasteiger charge is 2.24. The molecule has 0 spiro atoms. The van der Waals surface area contributed by atoms with Gasteiger partial charge in [-0.15, -0.1) is 0 Å². The summed E-state index contributed by atoms with van der Waals surface area (Å²) in [5.74, 6) is 1.17. The molecule has 0 fully saturated rings. The highest BCUT2D eigenvalue weighted by atomic mass is 32.2. The number of sulfonamides is 1. The van der Waals surface area contributed by atoms with E-state index >= 15 is 0 Å². The summed E-state index contributed by atoms with van der Waals surface area (Å²) in [5.41, 5.74) is 0.662. The van der Waals surface area contributed by atoms with E-state index in [2.05, 4.69) is 5.10 Å². The van der Waals surface area contributed by atoms with Gasteiger partial charge in [0.25, 0.3) is 0 Å². The summed E-state index contributed by atoms with van der Waals surface area (Å²) < 4.78 is 38.5. The van der Waals surface area contributed by atoms with Crippen LogP contribution in [0, 0.1) is 0 Å². The van der Waals surface area contributed by atoms with Crippen LogP contribution in [0.4, 0.5) is 0 Å². The van der Waals surface area contributed by atoms with E-state index in [1.165, 1.54) is 34.7 Å². The van der Waals surface area contributed by atoms with Gasteiger partial charge in [-0.3, -0.25) is 0 Å². The maximum absolute atomic E-state index is 12.7. The highest BCUT2D eigenvalue weighted by Crippen LogP contribution is 2.23. The van der Waals surface area contributed by atoms with E-state index in [0.29, 0.717) is 17.2 Å². The first-order valence-electron chi connectivity index (χ1n) is 7.19. The third-order valence-electron chi connectivity index (χ3n) is 3.56. The topological polar surface area (TPSA) is 77.6 Å².